The number of hydrogen-bond donors (Lipinski definition) is 1. The van der Waals surface area contributed by atoms with E-state index >= 15 is 0 Å². The van der Waals surface area contributed by atoms with Crippen LogP contribution in [0.5, 0.6) is 0 Å². The summed E-state index contributed by atoms with van der Waals surface area (Å²) < 4.78 is 3.88. The first-order valence-corrected chi connectivity index (χ1v) is 15.1. The smallest absolute Gasteiger partial charge is 0.248 e. The van der Waals surface area contributed by atoms with Crippen LogP contribution in [-0.4, -0.2) is 68.9 Å². The first-order valence-electron chi connectivity index (χ1n) is 14.3. The maximum Gasteiger partial charge on any atom is 0.248 e. The van der Waals surface area contributed by atoms with E-state index in [1.165, 1.54) is 32.2 Å². The van der Waals surface area contributed by atoms with Crippen LogP contribution in [0.25, 0.3) is 27.7 Å². The molecule has 2 saturated carbocycles. The van der Waals surface area contributed by atoms with Crippen molar-refractivity contribution >= 4 is 55.9 Å². The molecule has 1 aliphatic heterocycles. The maximum absolute atomic E-state index is 13.7. The molecule has 0 radical (unpaired) electrons. The largest absolute Gasteiger partial charge is 0.326 e. The molecule has 216 valence electrons. The van der Waals surface area contributed by atoms with Crippen molar-refractivity contribution in [1.29, 1.82) is 0 Å². The van der Waals surface area contributed by atoms with Gasteiger partial charge in [-0.2, -0.15) is 10.2 Å². The van der Waals surface area contributed by atoms with Crippen molar-refractivity contribution in [2.24, 2.45) is 5.92 Å². The van der Waals surface area contributed by atoms with Crippen LogP contribution < -0.4 is 5.32 Å². The molecule has 0 unspecified atom stereocenters. The molecule has 4 aromatic heterocycles. The Hall–Kier alpha value is -4.52. The molecule has 1 aromatic carbocycles. The molecular weight excluding hydrogens is 614 g/mol. The average Bonchev–Trinajstić information content (AvgIpc) is 3.87. The highest BCUT2D eigenvalue weighted by Gasteiger charge is 2.56. The van der Waals surface area contributed by atoms with Crippen LogP contribution in [0.2, 0.25) is 0 Å². The summed E-state index contributed by atoms with van der Waals surface area (Å²) in [5.41, 5.74) is 4.57. The summed E-state index contributed by atoms with van der Waals surface area (Å²) in [4.78, 5) is 54.1. The van der Waals surface area contributed by atoms with Gasteiger partial charge in [0.25, 0.3) is 0 Å². The maximum atomic E-state index is 13.7. The zero-order valence-corrected chi connectivity index (χ0v) is 24.7. The van der Waals surface area contributed by atoms with Crippen molar-refractivity contribution in [2.45, 2.75) is 57.2 Å². The van der Waals surface area contributed by atoms with E-state index in [0.717, 1.165) is 28.9 Å². The summed E-state index contributed by atoms with van der Waals surface area (Å²) in [7, 11) is 0. The van der Waals surface area contributed by atoms with Crippen molar-refractivity contribution in [3.05, 3.63) is 65.0 Å². The number of anilines is 1. The van der Waals surface area contributed by atoms with Gasteiger partial charge < -0.3 is 10.2 Å². The molecule has 0 bridgehead atoms. The van der Waals surface area contributed by atoms with E-state index in [1.807, 2.05) is 30.5 Å². The van der Waals surface area contributed by atoms with Gasteiger partial charge in [-0.15, -0.1) is 0 Å². The minimum atomic E-state index is -0.608. The number of fused-ring (bicyclic) bond motifs is 3. The van der Waals surface area contributed by atoms with Gasteiger partial charge in [-0.25, -0.2) is 14.5 Å². The van der Waals surface area contributed by atoms with Crippen molar-refractivity contribution in [2.75, 3.05) is 5.32 Å². The van der Waals surface area contributed by atoms with Gasteiger partial charge in [-0.1, -0.05) is 6.07 Å². The highest BCUT2D eigenvalue weighted by Crippen LogP contribution is 2.48. The van der Waals surface area contributed by atoms with Crippen LogP contribution in [0.15, 0.2) is 53.7 Å². The number of rotatable bonds is 7. The third-order valence-corrected chi connectivity index (χ3v) is 8.96. The van der Waals surface area contributed by atoms with Crippen molar-refractivity contribution in [3.63, 3.8) is 0 Å². The second-order valence-corrected chi connectivity index (χ2v) is 12.4. The number of Topliss-reactive ketones (excluding diaryl/α,β-unsaturated/α-hetero) is 1. The van der Waals surface area contributed by atoms with Crippen LogP contribution in [-0.2, 0) is 16.1 Å². The first-order chi connectivity index (χ1) is 20.8. The summed E-state index contributed by atoms with van der Waals surface area (Å²) in [5, 5.41) is 12.7. The third-order valence-electron chi connectivity index (χ3n) is 8.58. The number of amides is 2. The lowest BCUT2D eigenvalue weighted by Gasteiger charge is -2.26. The Labute approximate surface area is 253 Å². The van der Waals surface area contributed by atoms with E-state index in [9.17, 15) is 14.4 Å². The van der Waals surface area contributed by atoms with Crippen LogP contribution >= 0.6 is 15.9 Å². The number of hydrogen-bond acceptors (Lipinski definition) is 8. The Kier molecular flexibility index (Phi) is 5.93. The Balaban J connectivity index is 1.07. The summed E-state index contributed by atoms with van der Waals surface area (Å²) in [6.45, 7) is 1.38. The predicted molar refractivity (Wildman–Crippen MR) is 159 cm³/mol. The number of piperidine rings is 1. The van der Waals surface area contributed by atoms with E-state index < -0.39 is 6.04 Å². The lowest BCUT2D eigenvalue weighted by Crippen LogP contribution is -2.46. The summed E-state index contributed by atoms with van der Waals surface area (Å²) in [6, 6.07) is 7.18. The Morgan fingerprint density at radius 1 is 1.05 bits per heavy atom. The van der Waals surface area contributed by atoms with Gasteiger partial charge in [0.15, 0.2) is 17.2 Å². The molecule has 0 spiro atoms. The Morgan fingerprint density at radius 3 is 2.70 bits per heavy atom. The number of nitrogens with one attached hydrogen (secondary N) is 1. The Morgan fingerprint density at radius 2 is 1.91 bits per heavy atom. The molecule has 13 heteroatoms. The number of carbonyl (C=O) groups is 3. The molecule has 3 fully saturated rings. The molecule has 8 rings (SSSR count). The number of aromatic nitrogens is 7. The van der Waals surface area contributed by atoms with Gasteiger partial charge in [-0.05, 0) is 65.2 Å². The van der Waals surface area contributed by atoms with Crippen LogP contribution in [0, 0.1) is 5.92 Å². The molecule has 2 aliphatic carbocycles. The number of halogens is 1. The van der Waals surface area contributed by atoms with Crippen molar-refractivity contribution in [3.8, 4) is 11.1 Å². The van der Waals surface area contributed by atoms with Crippen molar-refractivity contribution in [1.82, 2.24) is 39.2 Å². The fourth-order valence-corrected chi connectivity index (χ4v) is 6.54. The Bertz CT molecular complexity index is 1980. The lowest BCUT2D eigenvalue weighted by molar-refractivity contribution is -0.138. The van der Waals surface area contributed by atoms with Crippen LogP contribution in [0.4, 0.5) is 5.82 Å². The molecule has 43 heavy (non-hydrogen) atoms. The normalized spacial score (nSPS) is 20.9. The van der Waals surface area contributed by atoms with Gasteiger partial charge >= 0.3 is 0 Å². The monoisotopic (exact) mass is 639 g/mol. The number of likely N-dealkylation sites (tertiary alicyclic amines) is 1. The van der Waals surface area contributed by atoms with Crippen LogP contribution in [0.1, 0.15) is 54.7 Å². The molecular formula is C30H26BrN9O3. The van der Waals surface area contributed by atoms with E-state index in [2.05, 4.69) is 41.3 Å². The zero-order chi connectivity index (χ0) is 29.4. The second-order valence-electron chi connectivity index (χ2n) is 11.6. The van der Waals surface area contributed by atoms with E-state index in [-0.39, 0.29) is 30.2 Å². The summed E-state index contributed by atoms with van der Waals surface area (Å²) in [6.07, 6.45) is 10.6. The minimum Gasteiger partial charge on any atom is -0.326 e. The number of ketones is 1. The number of benzene rings is 1. The number of carbonyl (C=O) groups excluding carboxylic acids is 3. The van der Waals surface area contributed by atoms with E-state index in [4.69, 9.17) is 5.10 Å². The topological polar surface area (TPSA) is 140 Å². The second kappa shape index (κ2) is 9.76. The van der Waals surface area contributed by atoms with Gasteiger partial charge in [-0.3, -0.25) is 24.0 Å². The van der Waals surface area contributed by atoms with Gasteiger partial charge in [0, 0.05) is 48.3 Å². The molecule has 5 aromatic rings. The van der Waals surface area contributed by atoms with Gasteiger partial charge in [0.2, 0.25) is 11.8 Å². The molecule has 3 aliphatic rings. The summed E-state index contributed by atoms with van der Waals surface area (Å²) >= 11 is 3.26. The molecule has 1 saturated heterocycles. The average molecular weight is 641 g/mol. The van der Waals surface area contributed by atoms with Gasteiger partial charge in [0.05, 0.1) is 23.6 Å². The van der Waals surface area contributed by atoms with E-state index in [1.54, 1.807) is 20.3 Å². The molecule has 12 nitrogen and oxygen atoms in total. The fraction of sp³-hybridized carbons (Fsp3) is 0.333. The highest BCUT2D eigenvalue weighted by atomic mass is 79.9. The summed E-state index contributed by atoms with van der Waals surface area (Å²) in [5.74, 6) is 0.452. The zero-order valence-electron chi connectivity index (χ0n) is 23.1. The standard InChI is InChI=1S/C30H26BrN9O3/c1-15(41)29-20-6-17(19-10-33-27-9-21(16-2-3-16)36-39(27)13-19)4-5-22(20)38(37-29)14-28(42)40-23-7-18(23)8-24(40)30(43)35-26-12-32-11-25(31)34-26/h4-6,9-13,16,18,23-24H,2-3,7-8,14H2,1H3,(H,34,35,43)/t18-,23-,24+/m1/s1. The SMILES string of the molecule is CC(=O)c1nn(CC(=O)N2[C@@H]3C[C@@H]3C[C@H]2C(=O)Nc2cncc(Br)n2)c2ccc(-c3cnc4cc(C5CC5)nn4c3)cc12. The fourth-order valence-electron chi connectivity index (χ4n) is 6.23. The van der Waals surface area contributed by atoms with Crippen molar-refractivity contribution < 1.29 is 14.4 Å². The minimum absolute atomic E-state index is 0.0303. The van der Waals surface area contributed by atoms with E-state index in [0.29, 0.717) is 45.3 Å². The number of nitrogens with zero attached hydrogens (tertiary/aromatic N) is 8. The predicted octanol–water partition coefficient (Wildman–Crippen LogP) is 4.01. The molecule has 3 atom stereocenters. The molecule has 5 heterocycles. The third kappa shape index (κ3) is 4.67. The lowest BCUT2D eigenvalue weighted by atomic mass is 10.0. The highest BCUT2D eigenvalue weighted by molar-refractivity contribution is 9.10. The quantitative estimate of drug-likeness (QED) is 0.263. The van der Waals surface area contributed by atoms with Crippen LogP contribution in [0.3, 0.4) is 0 Å². The van der Waals surface area contributed by atoms with Gasteiger partial charge in [0.1, 0.15) is 22.9 Å². The molecule has 1 N–H and O–H groups in total. The first kappa shape index (κ1) is 26.1. The molecule has 2 amide bonds.